The Kier molecular flexibility index (Phi) is 6.14. The Morgan fingerprint density at radius 3 is 2.54 bits per heavy atom. The lowest BCUT2D eigenvalue weighted by Gasteiger charge is -2.16. The molecule has 2 heterocycles. The zero-order valence-corrected chi connectivity index (χ0v) is 17.3. The van der Waals surface area contributed by atoms with Crippen LogP contribution in [0.5, 0.6) is 0 Å². The van der Waals surface area contributed by atoms with Crippen molar-refractivity contribution in [3.63, 3.8) is 0 Å². The molecule has 1 aromatic carbocycles. The maximum Gasteiger partial charge on any atom is 0.378 e. The van der Waals surface area contributed by atoms with Crippen LogP contribution in [0.2, 0.25) is 0 Å². The number of nitrogens with one attached hydrogen (secondary N) is 1. The molecule has 0 aliphatic heterocycles. The molecular formula is C19H20F2N4OS2. The monoisotopic (exact) mass is 422 g/mol. The van der Waals surface area contributed by atoms with Gasteiger partial charge in [-0.05, 0) is 53.7 Å². The van der Waals surface area contributed by atoms with Crippen LogP contribution < -0.4 is 5.32 Å². The Labute approximate surface area is 170 Å². The molecule has 0 radical (unpaired) electrons. The Bertz CT molecular complexity index is 938. The first-order valence-electron chi connectivity index (χ1n) is 8.77. The number of thioether (sulfide) groups is 1. The molecule has 0 atom stereocenters. The standard InChI is InChI=1S/C19H20F2N4OS2/c1-4-25-16(15-6-5-11-27-15)23-24-18(25)28-19(20,21)17(26)22-14-9-7-13(8-10-14)12(2)3/h5-12H,4H2,1-3H3,(H,22,26). The summed E-state index contributed by atoms with van der Waals surface area (Å²) in [6, 6.07) is 10.6. The molecule has 148 valence electrons. The van der Waals surface area contributed by atoms with E-state index >= 15 is 0 Å². The fourth-order valence-corrected chi connectivity index (χ4v) is 4.05. The van der Waals surface area contributed by atoms with Crippen LogP contribution in [0.15, 0.2) is 46.9 Å². The van der Waals surface area contributed by atoms with E-state index in [2.05, 4.69) is 15.5 Å². The van der Waals surface area contributed by atoms with Crippen LogP contribution in [0, 0.1) is 0 Å². The summed E-state index contributed by atoms with van der Waals surface area (Å²) in [6.07, 6.45) is 0. The van der Waals surface area contributed by atoms with E-state index < -0.39 is 11.2 Å². The number of alkyl halides is 2. The van der Waals surface area contributed by atoms with Crippen molar-refractivity contribution < 1.29 is 13.6 Å². The minimum absolute atomic E-state index is 0.00112. The van der Waals surface area contributed by atoms with Crippen molar-refractivity contribution >= 4 is 34.7 Å². The van der Waals surface area contributed by atoms with E-state index in [0.29, 0.717) is 24.0 Å². The average molecular weight is 423 g/mol. The smallest absolute Gasteiger partial charge is 0.320 e. The number of thiophene rings is 1. The molecule has 0 aliphatic carbocycles. The first kappa shape index (κ1) is 20.5. The van der Waals surface area contributed by atoms with E-state index in [1.54, 1.807) is 16.7 Å². The second kappa shape index (κ2) is 8.40. The van der Waals surface area contributed by atoms with Crippen LogP contribution in [0.4, 0.5) is 14.5 Å². The Morgan fingerprint density at radius 2 is 1.96 bits per heavy atom. The maximum atomic E-state index is 14.5. The number of benzene rings is 1. The number of hydrogen-bond donors (Lipinski definition) is 1. The molecule has 3 aromatic rings. The summed E-state index contributed by atoms with van der Waals surface area (Å²) >= 11 is 1.55. The summed E-state index contributed by atoms with van der Waals surface area (Å²) < 4.78 is 30.7. The van der Waals surface area contributed by atoms with Crippen LogP contribution in [0.25, 0.3) is 10.7 Å². The van der Waals surface area contributed by atoms with Crippen LogP contribution in [0.3, 0.4) is 0 Å². The molecule has 2 aromatic heterocycles. The van der Waals surface area contributed by atoms with Crippen LogP contribution >= 0.6 is 23.1 Å². The van der Waals surface area contributed by atoms with E-state index in [1.165, 1.54) is 11.3 Å². The van der Waals surface area contributed by atoms with Gasteiger partial charge in [-0.15, -0.1) is 21.5 Å². The Hall–Kier alpha value is -2.26. The lowest BCUT2D eigenvalue weighted by atomic mass is 10.0. The van der Waals surface area contributed by atoms with Gasteiger partial charge in [0.15, 0.2) is 11.0 Å². The number of rotatable bonds is 7. The quantitative estimate of drug-likeness (QED) is 0.513. The van der Waals surface area contributed by atoms with Gasteiger partial charge in [0.1, 0.15) is 0 Å². The van der Waals surface area contributed by atoms with Gasteiger partial charge in [-0.3, -0.25) is 4.79 Å². The predicted molar refractivity (Wildman–Crippen MR) is 109 cm³/mol. The SMILES string of the molecule is CCn1c(SC(F)(F)C(=O)Nc2ccc(C(C)C)cc2)nnc1-c1cccs1. The van der Waals surface area contributed by atoms with Gasteiger partial charge in [-0.25, -0.2) is 0 Å². The third kappa shape index (κ3) is 4.41. The fourth-order valence-electron chi connectivity index (χ4n) is 2.55. The molecule has 0 fully saturated rings. The van der Waals surface area contributed by atoms with Crippen molar-refractivity contribution in [3.05, 3.63) is 47.3 Å². The average Bonchev–Trinajstić information content (AvgIpc) is 3.31. The fraction of sp³-hybridized carbons (Fsp3) is 0.316. The van der Waals surface area contributed by atoms with Gasteiger partial charge in [-0.2, -0.15) is 8.78 Å². The molecule has 3 rings (SSSR count). The molecule has 0 saturated carbocycles. The van der Waals surface area contributed by atoms with E-state index in [0.717, 1.165) is 10.4 Å². The summed E-state index contributed by atoms with van der Waals surface area (Å²) in [6.45, 7) is 6.30. The highest BCUT2D eigenvalue weighted by atomic mass is 32.2. The second-order valence-electron chi connectivity index (χ2n) is 6.38. The number of anilines is 1. The van der Waals surface area contributed by atoms with E-state index in [1.807, 2.05) is 50.4 Å². The summed E-state index contributed by atoms with van der Waals surface area (Å²) in [7, 11) is 0. The van der Waals surface area contributed by atoms with Gasteiger partial charge in [0.25, 0.3) is 0 Å². The molecule has 0 spiro atoms. The molecule has 1 amide bonds. The minimum atomic E-state index is -3.69. The normalized spacial score (nSPS) is 11.8. The number of carbonyl (C=O) groups is 1. The molecular weight excluding hydrogens is 402 g/mol. The molecule has 28 heavy (non-hydrogen) atoms. The molecule has 0 bridgehead atoms. The number of halogens is 2. The third-order valence-electron chi connectivity index (χ3n) is 4.09. The van der Waals surface area contributed by atoms with Gasteiger partial charge in [0, 0.05) is 12.2 Å². The molecule has 9 heteroatoms. The van der Waals surface area contributed by atoms with Crippen molar-refractivity contribution in [2.45, 2.75) is 43.6 Å². The van der Waals surface area contributed by atoms with Gasteiger partial charge in [-0.1, -0.05) is 32.0 Å². The van der Waals surface area contributed by atoms with Gasteiger partial charge < -0.3 is 9.88 Å². The van der Waals surface area contributed by atoms with Crippen molar-refractivity contribution in [2.75, 3.05) is 5.32 Å². The summed E-state index contributed by atoms with van der Waals surface area (Å²) in [5, 5.41) is 8.36. The Balaban J connectivity index is 1.75. The highest BCUT2D eigenvalue weighted by molar-refractivity contribution is 8.00. The third-order valence-corrected chi connectivity index (χ3v) is 5.89. The maximum absolute atomic E-state index is 14.5. The Morgan fingerprint density at radius 1 is 1.25 bits per heavy atom. The highest BCUT2D eigenvalue weighted by Gasteiger charge is 2.42. The lowest BCUT2D eigenvalue weighted by Crippen LogP contribution is -2.31. The zero-order chi connectivity index (χ0) is 20.3. The second-order valence-corrected chi connectivity index (χ2v) is 8.41. The van der Waals surface area contributed by atoms with E-state index in [4.69, 9.17) is 0 Å². The molecule has 0 unspecified atom stereocenters. The summed E-state index contributed by atoms with van der Waals surface area (Å²) in [5.74, 6) is -0.557. The van der Waals surface area contributed by atoms with Crippen molar-refractivity contribution in [1.82, 2.24) is 14.8 Å². The lowest BCUT2D eigenvalue weighted by molar-refractivity contribution is -0.129. The van der Waals surface area contributed by atoms with Gasteiger partial charge in [0.05, 0.1) is 4.88 Å². The molecule has 1 N–H and O–H groups in total. The molecule has 0 saturated heterocycles. The number of hydrogen-bond acceptors (Lipinski definition) is 5. The number of aromatic nitrogens is 3. The highest BCUT2D eigenvalue weighted by Crippen LogP contribution is 2.37. The molecule has 5 nitrogen and oxygen atoms in total. The first-order chi connectivity index (χ1) is 13.3. The topological polar surface area (TPSA) is 59.8 Å². The summed E-state index contributed by atoms with van der Waals surface area (Å²) in [5.41, 5.74) is 1.39. The first-order valence-corrected chi connectivity index (χ1v) is 10.5. The van der Waals surface area contributed by atoms with E-state index in [-0.39, 0.29) is 16.9 Å². The number of amides is 1. The van der Waals surface area contributed by atoms with Crippen LogP contribution in [-0.2, 0) is 11.3 Å². The van der Waals surface area contributed by atoms with Gasteiger partial charge >= 0.3 is 11.2 Å². The zero-order valence-electron chi connectivity index (χ0n) is 15.6. The molecule has 0 aliphatic rings. The predicted octanol–water partition coefficient (Wildman–Crippen LogP) is 5.47. The number of carbonyl (C=O) groups excluding carboxylic acids is 1. The van der Waals surface area contributed by atoms with E-state index in [9.17, 15) is 13.6 Å². The van der Waals surface area contributed by atoms with Crippen molar-refractivity contribution in [3.8, 4) is 10.7 Å². The van der Waals surface area contributed by atoms with Crippen LogP contribution in [-0.4, -0.2) is 25.9 Å². The van der Waals surface area contributed by atoms with Crippen molar-refractivity contribution in [1.29, 1.82) is 0 Å². The van der Waals surface area contributed by atoms with Gasteiger partial charge in [0.2, 0.25) is 0 Å². The minimum Gasteiger partial charge on any atom is -0.320 e. The van der Waals surface area contributed by atoms with Crippen LogP contribution in [0.1, 0.15) is 32.3 Å². The van der Waals surface area contributed by atoms with Crippen molar-refractivity contribution in [2.24, 2.45) is 0 Å². The summed E-state index contributed by atoms with van der Waals surface area (Å²) in [4.78, 5) is 13.0. The largest absolute Gasteiger partial charge is 0.378 e. The number of nitrogens with zero attached hydrogens (tertiary/aromatic N) is 3.